The molecule has 9 nitrogen and oxygen atoms in total. The summed E-state index contributed by atoms with van der Waals surface area (Å²) in [4.78, 5) is 36.4. The third kappa shape index (κ3) is 6.61. The lowest BCUT2D eigenvalue weighted by atomic mass is 10.0. The molecule has 9 heteroatoms. The van der Waals surface area contributed by atoms with Crippen molar-refractivity contribution in [3.8, 4) is 11.5 Å². The quantitative estimate of drug-likeness (QED) is 0.137. The molecule has 0 unspecified atom stereocenters. The molecule has 178 valence electrons. The first kappa shape index (κ1) is 24.8. The minimum Gasteiger partial charge on any atom is -0.507 e. The van der Waals surface area contributed by atoms with Crippen molar-refractivity contribution in [1.29, 1.82) is 0 Å². The molecule has 0 aliphatic heterocycles. The first-order chi connectivity index (χ1) is 16.8. The molecule has 0 aliphatic carbocycles. The van der Waals surface area contributed by atoms with Crippen molar-refractivity contribution in [2.75, 3.05) is 13.2 Å². The number of nitrogens with zero attached hydrogens (tertiary/aromatic N) is 2. The highest BCUT2D eigenvalue weighted by molar-refractivity contribution is 6.11. The summed E-state index contributed by atoms with van der Waals surface area (Å²) in [5.74, 6) is -2.13. The third-order valence-electron chi connectivity index (χ3n) is 4.72. The van der Waals surface area contributed by atoms with E-state index in [2.05, 4.69) is 22.1 Å². The number of amides is 1. The molecule has 0 heterocycles. The Kier molecular flexibility index (Phi) is 8.07. The standard InChI is InChI=1S/C26H23N3O6/c1-16(2)26(34)35-12-11-27-25(33)18-9-6-10-19(13-18)28-29-21-14-20(22(30)15-23(21)31)24(32)17-7-4-3-5-8-17/h3-10,13-15,30-31H,1,11-12H2,2H3,(H,27,33). The van der Waals surface area contributed by atoms with Gasteiger partial charge in [0.15, 0.2) is 5.78 Å². The fraction of sp³-hybridized carbons (Fsp3) is 0.115. The van der Waals surface area contributed by atoms with Gasteiger partial charge in [0.2, 0.25) is 0 Å². The van der Waals surface area contributed by atoms with Crippen LogP contribution in [0.25, 0.3) is 0 Å². The van der Waals surface area contributed by atoms with Crippen LogP contribution >= 0.6 is 0 Å². The fourth-order valence-corrected chi connectivity index (χ4v) is 2.93. The van der Waals surface area contributed by atoms with E-state index >= 15 is 0 Å². The van der Waals surface area contributed by atoms with Gasteiger partial charge in [-0.2, -0.15) is 5.11 Å². The van der Waals surface area contributed by atoms with E-state index in [9.17, 15) is 24.6 Å². The number of ketones is 1. The summed E-state index contributed by atoms with van der Waals surface area (Å²) in [6.07, 6.45) is 0. The van der Waals surface area contributed by atoms with Crippen LogP contribution in [0, 0.1) is 0 Å². The normalized spacial score (nSPS) is 10.7. The number of hydrogen-bond acceptors (Lipinski definition) is 8. The number of carbonyl (C=O) groups excluding carboxylic acids is 3. The van der Waals surface area contributed by atoms with E-state index in [-0.39, 0.29) is 41.5 Å². The Morgan fingerprint density at radius 3 is 2.34 bits per heavy atom. The number of phenols is 2. The van der Waals surface area contributed by atoms with Gasteiger partial charge in [0.1, 0.15) is 23.8 Å². The van der Waals surface area contributed by atoms with E-state index in [1.165, 1.54) is 19.1 Å². The summed E-state index contributed by atoms with van der Waals surface area (Å²) in [7, 11) is 0. The first-order valence-electron chi connectivity index (χ1n) is 10.5. The molecule has 35 heavy (non-hydrogen) atoms. The van der Waals surface area contributed by atoms with Crippen LogP contribution in [-0.2, 0) is 9.53 Å². The number of nitrogens with one attached hydrogen (secondary N) is 1. The van der Waals surface area contributed by atoms with Crippen LogP contribution in [0.1, 0.15) is 33.2 Å². The van der Waals surface area contributed by atoms with Gasteiger partial charge in [-0.1, -0.05) is 43.0 Å². The predicted molar refractivity (Wildman–Crippen MR) is 128 cm³/mol. The zero-order chi connectivity index (χ0) is 25.4. The van der Waals surface area contributed by atoms with Gasteiger partial charge in [0.25, 0.3) is 5.91 Å². The molecule has 0 aromatic heterocycles. The van der Waals surface area contributed by atoms with Gasteiger partial charge in [-0.25, -0.2) is 4.79 Å². The average molecular weight is 473 g/mol. The summed E-state index contributed by atoms with van der Waals surface area (Å²) < 4.78 is 4.92. The number of benzene rings is 3. The van der Waals surface area contributed by atoms with Gasteiger partial charge in [0.05, 0.1) is 17.8 Å². The lowest BCUT2D eigenvalue weighted by Gasteiger charge is -2.07. The molecule has 0 fully saturated rings. The van der Waals surface area contributed by atoms with Crippen LogP contribution in [0.15, 0.2) is 89.1 Å². The largest absolute Gasteiger partial charge is 0.507 e. The van der Waals surface area contributed by atoms with Gasteiger partial charge in [-0.3, -0.25) is 9.59 Å². The minimum atomic E-state index is -0.534. The summed E-state index contributed by atoms with van der Waals surface area (Å²) in [5.41, 5.74) is 1.17. The Morgan fingerprint density at radius 2 is 1.63 bits per heavy atom. The monoisotopic (exact) mass is 473 g/mol. The summed E-state index contributed by atoms with van der Waals surface area (Å²) in [5, 5.41) is 30.9. The molecule has 3 rings (SSSR count). The van der Waals surface area contributed by atoms with E-state index < -0.39 is 17.7 Å². The van der Waals surface area contributed by atoms with Crippen molar-refractivity contribution in [2.24, 2.45) is 10.2 Å². The third-order valence-corrected chi connectivity index (χ3v) is 4.72. The van der Waals surface area contributed by atoms with Crippen molar-refractivity contribution in [3.63, 3.8) is 0 Å². The summed E-state index contributed by atoms with van der Waals surface area (Å²) in [6, 6.07) is 16.9. The molecule has 0 bridgehead atoms. The maximum Gasteiger partial charge on any atom is 0.333 e. The van der Waals surface area contributed by atoms with Gasteiger partial charge in [-0.05, 0) is 31.2 Å². The van der Waals surface area contributed by atoms with Crippen molar-refractivity contribution in [1.82, 2.24) is 5.32 Å². The van der Waals surface area contributed by atoms with Gasteiger partial charge < -0.3 is 20.3 Å². The number of rotatable bonds is 9. The van der Waals surface area contributed by atoms with E-state index in [4.69, 9.17) is 4.74 Å². The van der Waals surface area contributed by atoms with Crippen LogP contribution in [0.4, 0.5) is 11.4 Å². The second-order valence-corrected chi connectivity index (χ2v) is 7.48. The zero-order valence-corrected chi connectivity index (χ0v) is 18.9. The van der Waals surface area contributed by atoms with Crippen LogP contribution < -0.4 is 5.32 Å². The molecule has 3 aromatic rings. The lowest BCUT2D eigenvalue weighted by Crippen LogP contribution is -2.28. The van der Waals surface area contributed by atoms with Crippen molar-refractivity contribution >= 4 is 29.0 Å². The molecule has 3 N–H and O–H groups in total. The Bertz CT molecular complexity index is 1300. The average Bonchev–Trinajstić information content (AvgIpc) is 2.86. The lowest BCUT2D eigenvalue weighted by molar-refractivity contribution is -0.138. The molecule has 1 amide bonds. The molecule has 0 radical (unpaired) electrons. The maximum atomic E-state index is 12.7. The highest BCUT2D eigenvalue weighted by atomic mass is 16.5. The number of phenolic OH excluding ortho intramolecular Hbond substituents is 2. The van der Waals surface area contributed by atoms with Crippen LogP contribution in [0.3, 0.4) is 0 Å². The van der Waals surface area contributed by atoms with Crippen molar-refractivity contribution in [3.05, 3.63) is 95.6 Å². The second kappa shape index (κ2) is 11.4. The maximum absolute atomic E-state index is 12.7. The van der Waals surface area contributed by atoms with Gasteiger partial charge in [0, 0.05) is 22.8 Å². The van der Waals surface area contributed by atoms with Gasteiger partial charge >= 0.3 is 5.97 Å². The Hall–Kier alpha value is -4.79. The number of hydrogen-bond donors (Lipinski definition) is 3. The number of ether oxygens (including phenoxy) is 1. The SMILES string of the molecule is C=C(C)C(=O)OCCNC(=O)c1cccc(N=Nc2cc(C(=O)c3ccccc3)c(O)cc2O)c1. The fourth-order valence-electron chi connectivity index (χ4n) is 2.93. The molecular formula is C26H23N3O6. The predicted octanol–water partition coefficient (Wildman–Crippen LogP) is 4.59. The molecule has 0 aliphatic rings. The Morgan fingerprint density at radius 1 is 0.914 bits per heavy atom. The van der Waals surface area contributed by atoms with E-state index in [0.29, 0.717) is 16.8 Å². The first-order valence-corrected chi connectivity index (χ1v) is 10.5. The molecule has 0 saturated carbocycles. The number of azo groups is 1. The topological polar surface area (TPSA) is 138 Å². The molecule has 3 aromatic carbocycles. The van der Waals surface area contributed by atoms with Crippen LogP contribution in [-0.4, -0.2) is 41.0 Å². The van der Waals surface area contributed by atoms with Gasteiger partial charge in [-0.15, -0.1) is 5.11 Å². The van der Waals surface area contributed by atoms with E-state index in [1.807, 2.05) is 0 Å². The molecule has 0 atom stereocenters. The number of aromatic hydroxyl groups is 2. The van der Waals surface area contributed by atoms with E-state index in [0.717, 1.165) is 6.07 Å². The van der Waals surface area contributed by atoms with Crippen LogP contribution in [0.5, 0.6) is 11.5 Å². The smallest absolute Gasteiger partial charge is 0.333 e. The molecule has 0 saturated heterocycles. The summed E-state index contributed by atoms with van der Waals surface area (Å²) >= 11 is 0. The number of esters is 1. The second-order valence-electron chi connectivity index (χ2n) is 7.48. The highest BCUT2D eigenvalue weighted by Gasteiger charge is 2.17. The minimum absolute atomic E-state index is 0.000989. The summed E-state index contributed by atoms with van der Waals surface area (Å²) in [6.45, 7) is 5.12. The molecule has 0 spiro atoms. The van der Waals surface area contributed by atoms with Crippen LogP contribution in [0.2, 0.25) is 0 Å². The Labute approximate surface area is 201 Å². The Balaban J connectivity index is 1.72. The van der Waals surface area contributed by atoms with Crippen molar-refractivity contribution in [2.45, 2.75) is 6.92 Å². The highest BCUT2D eigenvalue weighted by Crippen LogP contribution is 2.35. The number of carbonyl (C=O) groups is 3. The van der Waals surface area contributed by atoms with E-state index in [1.54, 1.807) is 48.5 Å². The van der Waals surface area contributed by atoms with Crippen molar-refractivity contribution < 1.29 is 29.3 Å². The zero-order valence-electron chi connectivity index (χ0n) is 18.9. The molecular weight excluding hydrogens is 450 g/mol.